The summed E-state index contributed by atoms with van der Waals surface area (Å²) in [5.41, 5.74) is 8.05. The van der Waals surface area contributed by atoms with E-state index >= 15 is 0 Å². The van der Waals surface area contributed by atoms with E-state index in [1.807, 2.05) is 25.1 Å². The van der Waals surface area contributed by atoms with Gasteiger partial charge in [-0.05, 0) is 25.0 Å². The average Bonchev–Trinajstić information content (AvgIpc) is 2.66. The fraction of sp³-hybridized carbons (Fsp3) is 0.286. The third-order valence-corrected chi connectivity index (χ3v) is 4.24. The van der Waals surface area contributed by atoms with Gasteiger partial charge in [0, 0.05) is 43.7 Å². The Morgan fingerprint density at radius 3 is 1.80 bits per heavy atom. The van der Waals surface area contributed by atoms with E-state index in [4.69, 9.17) is 20.0 Å². The van der Waals surface area contributed by atoms with E-state index < -0.39 is 4.92 Å². The molecule has 0 aliphatic rings. The van der Waals surface area contributed by atoms with Crippen LogP contribution in [0.2, 0.25) is 0 Å². The summed E-state index contributed by atoms with van der Waals surface area (Å²) in [5, 5.41) is 27.8. The summed E-state index contributed by atoms with van der Waals surface area (Å²) in [6, 6.07) is 10.9. The van der Waals surface area contributed by atoms with Gasteiger partial charge in [0.05, 0.1) is 44.1 Å². The third-order valence-electron chi connectivity index (χ3n) is 4.24. The van der Waals surface area contributed by atoms with Crippen molar-refractivity contribution in [2.45, 2.75) is 26.7 Å². The zero-order chi connectivity index (χ0) is 21.3. The number of rotatable bonds is 5. The predicted octanol–water partition coefficient (Wildman–Crippen LogP) is 3.37. The number of quaternary nitrogens is 1. The van der Waals surface area contributed by atoms with E-state index in [-0.39, 0.29) is 45.7 Å². The minimum absolute atomic E-state index is 0. The molecule has 0 aliphatic carbocycles. The van der Waals surface area contributed by atoms with Crippen LogP contribution in [0.4, 0.5) is 11.4 Å². The summed E-state index contributed by atoms with van der Waals surface area (Å²) in [6.45, 7) is 3.65. The van der Waals surface area contributed by atoms with Gasteiger partial charge in [-0.25, -0.2) is 0 Å². The quantitative estimate of drug-likeness (QED) is 0.287. The molecule has 0 amide bonds. The number of nitro benzene ring substituents is 1. The predicted molar refractivity (Wildman–Crippen MR) is 110 cm³/mol. The fourth-order valence-corrected chi connectivity index (χ4v) is 2.75. The van der Waals surface area contributed by atoms with Gasteiger partial charge in [0.1, 0.15) is 0 Å². The molecule has 0 spiro atoms. The smallest absolute Gasteiger partial charge is 0.311 e. The van der Waals surface area contributed by atoms with Crippen LogP contribution in [0.5, 0.6) is 11.5 Å². The topological polar surface area (TPSA) is 137 Å². The normalized spacial score (nSPS) is 8.77. The minimum Gasteiger partial charge on any atom is -0.491 e. The molecule has 8 nitrogen and oxygen atoms in total. The second-order valence-electron chi connectivity index (χ2n) is 5.87. The third kappa shape index (κ3) is 7.13. The standard InChI is InChI=1S/C10H10N2O3.C10H12N2O.CH3.Pd/c1-7-8(5-6-11)3-4-9(12(13)14)10(7)15-2;1-7-8(5-6-11)3-4-9(12)10(7)13-2;;/h3-4H,5H2,1-2H3;3-4H,5,12H2,1-2H3;1H3;/q;;-1;/p+1. The Balaban J connectivity index is 0. The van der Waals surface area contributed by atoms with E-state index in [0.717, 1.165) is 28.1 Å². The van der Waals surface area contributed by atoms with Crippen molar-refractivity contribution in [1.29, 1.82) is 10.5 Å². The second kappa shape index (κ2) is 14.1. The van der Waals surface area contributed by atoms with Gasteiger partial charge in [0.25, 0.3) is 0 Å². The molecule has 0 heterocycles. The van der Waals surface area contributed by atoms with Gasteiger partial charge in [0.2, 0.25) is 0 Å². The largest absolute Gasteiger partial charge is 0.491 e. The molecule has 2 rings (SSSR count). The van der Waals surface area contributed by atoms with Crippen molar-refractivity contribution in [1.82, 2.24) is 0 Å². The van der Waals surface area contributed by atoms with Crippen LogP contribution in [0.25, 0.3) is 0 Å². The molecule has 0 atom stereocenters. The maximum absolute atomic E-state index is 10.7. The number of ether oxygens (including phenoxy) is 2. The summed E-state index contributed by atoms with van der Waals surface area (Å²) in [6.07, 6.45) is 0.642. The molecule has 0 saturated carbocycles. The van der Waals surface area contributed by atoms with Gasteiger partial charge in [-0.3, -0.25) is 10.1 Å². The van der Waals surface area contributed by atoms with Crippen molar-refractivity contribution in [3.63, 3.8) is 0 Å². The van der Waals surface area contributed by atoms with Crippen LogP contribution in [-0.4, -0.2) is 19.1 Å². The van der Waals surface area contributed by atoms with Gasteiger partial charge >= 0.3 is 5.69 Å². The van der Waals surface area contributed by atoms with Crippen LogP contribution in [0.3, 0.4) is 0 Å². The molecule has 0 aliphatic heterocycles. The van der Waals surface area contributed by atoms with E-state index in [1.165, 1.54) is 13.2 Å². The number of nitro groups is 1. The van der Waals surface area contributed by atoms with Crippen LogP contribution in [0, 0.1) is 54.1 Å². The number of benzene rings is 2. The molecule has 30 heavy (non-hydrogen) atoms. The average molecular weight is 505 g/mol. The van der Waals surface area contributed by atoms with E-state index in [9.17, 15) is 10.1 Å². The molecule has 0 unspecified atom stereocenters. The van der Waals surface area contributed by atoms with Crippen LogP contribution < -0.4 is 15.2 Å². The Morgan fingerprint density at radius 2 is 1.40 bits per heavy atom. The molecule has 0 saturated heterocycles. The van der Waals surface area contributed by atoms with Gasteiger partial charge in [-0.1, -0.05) is 12.1 Å². The zero-order valence-electron chi connectivity index (χ0n) is 17.7. The summed E-state index contributed by atoms with van der Waals surface area (Å²) in [7, 11) is 3.00. The molecule has 2 aromatic rings. The summed E-state index contributed by atoms with van der Waals surface area (Å²) < 4.78 is 10.2. The van der Waals surface area contributed by atoms with Crippen LogP contribution in [0.1, 0.15) is 22.3 Å². The number of hydrogen-bond acceptors (Lipinski definition) is 6. The van der Waals surface area contributed by atoms with Crippen molar-refractivity contribution < 1.29 is 40.6 Å². The molecule has 0 radical (unpaired) electrons. The number of nitrogens with zero attached hydrogens (tertiary/aromatic N) is 3. The van der Waals surface area contributed by atoms with Crippen molar-refractivity contribution in [3.8, 4) is 23.6 Å². The number of methoxy groups -OCH3 is 2. The Kier molecular flexibility index (Phi) is 13.7. The summed E-state index contributed by atoms with van der Waals surface area (Å²) in [4.78, 5) is 10.2. The summed E-state index contributed by atoms with van der Waals surface area (Å²) in [5.74, 6) is 1.01. The maximum Gasteiger partial charge on any atom is 0.311 e. The second-order valence-corrected chi connectivity index (χ2v) is 5.87. The van der Waals surface area contributed by atoms with E-state index in [1.54, 1.807) is 20.1 Å². The molecular weight excluding hydrogens is 479 g/mol. The van der Waals surface area contributed by atoms with Crippen molar-refractivity contribution >= 4 is 11.4 Å². The molecule has 0 bridgehead atoms. The van der Waals surface area contributed by atoms with Crippen molar-refractivity contribution in [2.24, 2.45) is 0 Å². The first kappa shape index (κ1) is 29.2. The van der Waals surface area contributed by atoms with Crippen LogP contribution in [0.15, 0.2) is 24.3 Å². The first-order valence-corrected chi connectivity index (χ1v) is 8.35. The maximum atomic E-state index is 10.7. The monoisotopic (exact) mass is 504 g/mol. The Bertz CT molecular complexity index is 949. The van der Waals surface area contributed by atoms with Crippen molar-refractivity contribution in [3.05, 3.63) is 64.1 Å². The molecule has 0 aromatic heterocycles. The summed E-state index contributed by atoms with van der Waals surface area (Å²) >= 11 is 0. The molecule has 3 N–H and O–H groups in total. The Labute approximate surface area is 191 Å². The van der Waals surface area contributed by atoms with E-state index in [0.29, 0.717) is 12.0 Å². The number of hydrogen-bond donors (Lipinski definition) is 1. The van der Waals surface area contributed by atoms with Gasteiger partial charge in [0.15, 0.2) is 17.2 Å². The molecule has 9 heteroatoms. The Hall–Kier alpha value is -2.96. The van der Waals surface area contributed by atoms with Crippen LogP contribution in [-0.2, 0) is 33.3 Å². The molecule has 0 fully saturated rings. The van der Waals surface area contributed by atoms with E-state index in [2.05, 4.69) is 11.8 Å². The zero-order valence-corrected chi connectivity index (χ0v) is 19.3. The van der Waals surface area contributed by atoms with Gasteiger partial charge < -0.3 is 22.6 Å². The first-order valence-electron chi connectivity index (χ1n) is 8.35. The first-order chi connectivity index (χ1) is 13.3. The SMILES string of the molecule is COc1c([N+](=O)[O-])ccc(CC#N)c1C.COc1c([NH3+])ccc(CC#N)c1C.[CH3-].[Pd]. The molecular formula is C21H26N4O4Pd. The molecule has 2 aromatic carbocycles. The van der Waals surface area contributed by atoms with Gasteiger partial charge in [-0.2, -0.15) is 10.5 Å². The van der Waals surface area contributed by atoms with Gasteiger partial charge in [-0.15, -0.1) is 0 Å². The molecule has 164 valence electrons. The Morgan fingerprint density at radius 1 is 0.967 bits per heavy atom. The number of nitriles is 2. The van der Waals surface area contributed by atoms with Crippen molar-refractivity contribution in [2.75, 3.05) is 14.2 Å². The fourth-order valence-electron chi connectivity index (χ4n) is 2.75. The van der Waals surface area contributed by atoms with Crippen LogP contribution >= 0.6 is 0 Å². The minimum atomic E-state index is -0.498.